The summed E-state index contributed by atoms with van der Waals surface area (Å²) in [4.78, 5) is 2.41. The van der Waals surface area contributed by atoms with Crippen molar-refractivity contribution in [1.29, 1.82) is 0 Å². The molecule has 1 fully saturated rings. The molecule has 1 unspecified atom stereocenters. The Morgan fingerprint density at radius 1 is 1.29 bits per heavy atom. The van der Waals surface area contributed by atoms with Crippen LogP contribution in [0.2, 0.25) is 0 Å². The topological polar surface area (TPSA) is 29.3 Å². The second-order valence-corrected chi connectivity index (χ2v) is 4.94. The standard InChI is InChI=1S/C14H21FN2/c15-14-5-1-3-13(9-14)11-17-7-2-4-12(10-16)6-8-17/h1,3,5,9,12H,2,4,6-8,10-11,16H2. The molecule has 1 aromatic rings. The first-order chi connectivity index (χ1) is 8.28. The van der Waals surface area contributed by atoms with E-state index in [1.54, 1.807) is 12.1 Å². The highest BCUT2D eigenvalue weighted by molar-refractivity contribution is 5.16. The highest BCUT2D eigenvalue weighted by Crippen LogP contribution is 2.18. The van der Waals surface area contributed by atoms with Crippen LogP contribution >= 0.6 is 0 Å². The van der Waals surface area contributed by atoms with Gasteiger partial charge in [0.25, 0.3) is 0 Å². The maximum atomic E-state index is 13.1. The van der Waals surface area contributed by atoms with Crippen molar-refractivity contribution in [2.45, 2.75) is 25.8 Å². The van der Waals surface area contributed by atoms with Gasteiger partial charge in [-0.05, 0) is 62.5 Å². The van der Waals surface area contributed by atoms with E-state index in [4.69, 9.17) is 5.73 Å². The summed E-state index contributed by atoms with van der Waals surface area (Å²) in [5.41, 5.74) is 6.79. The van der Waals surface area contributed by atoms with Crippen molar-refractivity contribution in [1.82, 2.24) is 4.90 Å². The molecule has 2 N–H and O–H groups in total. The first kappa shape index (κ1) is 12.5. The monoisotopic (exact) mass is 236 g/mol. The summed E-state index contributed by atoms with van der Waals surface area (Å²) in [6.07, 6.45) is 3.61. The Morgan fingerprint density at radius 2 is 2.18 bits per heavy atom. The molecule has 2 nitrogen and oxygen atoms in total. The smallest absolute Gasteiger partial charge is 0.123 e. The average molecular weight is 236 g/mol. The minimum Gasteiger partial charge on any atom is -0.330 e. The summed E-state index contributed by atoms with van der Waals surface area (Å²) < 4.78 is 13.1. The molecule has 0 radical (unpaired) electrons. The van der Waals surface area contributed by atoms with E-state index in [9.17, 15) is 4.39 Å². The van der Waals surface area contributed by atoms with Gasteiger partial charge < -0.3 is 5.73 Å². The van der Waals surface area contributed by atoms with E-state index >= 15 is 0 Å². The molecule has 1 atom stereocenters. The maximum absolute atomic E-state index is 13.1. The van der Waals surface area contributed by atoms with Crippen LogP contribution in [0.15, 0.2) is 24.3 Å². The highest BCUT2D eigenvalue weighted by atomic mass is 19.1. The predicted molar refractivity (Wildman–Crippen MR) is 68.1 cm³/mol. The first-order valence-corrected chi connectivity index (χ1v) is 6.45. The van der Waals surface area contributed by atoms with Crippen LogP contribution in [0.3, 0.4) is 0 Å². The summed E-state index contributed by atoms with van der Waals surface area (Å²) in [6.45, 7) is 3.84. The quantitative estimate of drug-likeness (QED) is 0.873. The number of halogens is 1. The van der Waals surface area contributed by atoms with Crippen molar-refractivity contribution in [3.05, 3.63) is 35.6 Å². The molecule has 2 rings (SSSR count). The molecule has 1 aliphatic heterocycles. The number of likely N-dealkylation sites (tertiary alicyclic amines) is 1. The van der Waals surface area contributed by atoms with Crippen LogP contribution in [0.1, 0.15) is 24.8 Å². The van der Waals surface area contributed by atoms with Crippen LogP contribution in [-0.4, -0.2) is 24.5 Å². The van der Waals surface area contributed by atoms with Gasteiger partial charge in [0, 0.05) is 6.54 Å². The summed E-state index contributed by atoms with van der Waals surface area (Å²) in [5.74, 6) is 0.532. The van der Waals surface area contributed by atoms with Crippen molar-refractivity contribution in [3.8, 4) is 0 Å². The van der Waals surface area contributed by atoms with Gasteiger partial charge in [-0.25, -0.2) is 4.39 Å². The van der Waals surface area contributed by atoms with E-state index in [1.807, 2.05) is 6.07 Å². The van der Waals surface area contributed by atoms with Gasteiger partial charge in [-0.2, -0.15) is 0 Å². The fourth-order valence-electron chi connectivity index (χ4n) is 2.51. The zero-order valence-electron chi connectivity index (χ0n) is 10.2. The number of nitrogens with zero attached hydrogens (tertiary/aromatic N) is 1. The normalized spacial score (nSPS) is 22.4. The molecule has 1 heterocycles. The van der Waals surface area contributed by atoms with Crippen molar-refractivity contribution in [2.75, 3.05) is 19.6 Å². The number of rotatable bonds is 3. The van der Waals surface area contributed by atoms with Gasteiger partial charge in [0.2, 0.25) is 0 Å². The molecule has 1 aromatic carbocycles. The Morgan fingerprint density at radius 3 is 2.94 bits per heavy atom. The Balaban J connectivity index is 1.90. The lowest BCUT2D eigenvalue weighted by Gasteiger charge is -2.20. The lowest BCUT2D eigenvalue weighted by atomic mass is 10.0. The largest absolute Gasteiger partial charge is 0.330 e. The molecule has 3 heteroatoms. The summed E-state index contributed by atoms with van der Waals surface area (Å²) >= 11 is 0. The summed E-state index contributed by atoms with van der Waals surface area (Å²) in [5, 5.41) is 0. The van der Waals surface area contributed by atoms with Crippen molar-refractivity contribution in [2.24, 2.45) is 11.7 Å². The molecule has 0 amide bonds. The van der Waals surface area contributed by atoms with E-state index in [2.05, 4.69) is 4.90 Å². The average Bonchev–Trinajstić information content (AvgIpc) is 2.54. The fourth-order valence-corrected chi connectivity index (χ4v) is 2.51. The van der Waals surface area contributed by atoms with Crippen LogP contribution in [0.4, 0.5) is 4.39 Å². The van der Waals surface area contributed by atoms with E-state index in [0.717, 1.165) is 31.7 Å². The number of hydrogen-bond acceptors (Lipinski definition) is 2. The minimum atomic E-state index is -0.142. The summed E-state index contributed by atoms with van der Waals surface area (Å²) in [7, 11) is 0. The van der Waals surface area contributed by atoms with Crippen molar-refractivity contribution < 1.29 is 4.39 Å². The van der Waals surface area contributed by atoms with E-state index < -0.39 is 0 Å². The molecule has 0 aromatic heterocycles. The molecule has 0 saturated carbocycles. The zero-order valence-corrected chi connectivity index (χ0v) is 10.2. The van der Waals surface area contributed by atoms with E-state index in [1.165, 1.54) is 25.3 Å². The van der Waals surface area contributed by atoms with Crippen LogP contribution in [0.5, 0.6) is 0 Å². The Labute approximate surface area is 103 Å². The van der Waals surface area contributed by atoms with Gasteiger partial charge in [-0.1, -0.05) is 12.1 Å². The lowest BCUT2D eigenvalue weighted by Crippen LogP contribution is -2.24. The Hall–Kier alpha value is -0.930. The SMILES string of the molecule is NCC1CCCN(Cc2cccc(F)c2)CC1. The van der Waals surface area contributed by atoms with Gasteiger partial charge in [0.15, 0.2) is 0 Å². The van der Waals surface area contributed by atoms with Gasteiger partial charge in [0.05, 0.1) is 0 Å². The first-order valence-electron chi connectivity index (χ1n) is 6.45. The zero-order chi connectivity index (χ0) is 12.1. The van der Waals surface area contributed by atoms with Crippen LogP contribution in [0.25, 0.3) is 0 Å². The number of benzene rings is 1. The van der Waals surface area contributed by atoms with Crippen LogP contribution in [-0.2, 0) is 6.54 Å². The molecule has 0 bridgehead atoms. The predicted octanol–water partition coefficient (Wildman–Crippen LogP) is 2.39. The van der Waals surface area contributed by atoms with Crippen molar-refractivity contribution in [3.63, 3.8) is 0 Å². The summed E-state index contributed by atoms with van der Waals surface area (Å²) in [6, 6.07) is 6.90. The maximum Gasteiger partial charge on any atom is 0.123 e. The number of hydrogen-bond donors (Lipinski definition) is 1. The molecule has 0 spiro atoms. The Kier molecular flexibility index (Phi) is 4.51. The number of nitrogens with two attached hydrogens (primary N) is 1. The fraction of sp³-hybridized carbons (Fsp3) is 0.571. The van der Waals surface area contributed by atoms with E-state index in [-0.39, 0.29) is 5.82 Å². The van der Waals surface area contributed by atoms with Crippen LogP contribution in [0, 0.1) is 11.7 Å². The van der Waals surface area contributed by atoms with Gasteiger partial charge in [-0.15, -0.1) is 0 Å². The Bertz CT molecular complexity index is 354. The third-order valence-corrected chi connectivity index (χ3v) is 3.57. The molecule has 17 heavy (non-hydrogen) atoms. The molecule has 1 saturated heterocycles. The molecule has 94 valence electrons. The second kappa shape index (κ2) is 6.12. The second-order valence-electron chi connectivity index (χ2n) is 4.94. The van der Waals surface area contributed by atoms with Crippen molar-refractivity contribution >= 4 is 0 Å². The third kappa shape index (κ3) is 3.79. The van der Waals surface area contributed by atoms with Crippen LogP contribution < -0.4 is 5.73 Å². The molecule has 0 aliphatic carbocycles. The van der Waals surface area contributed by atoms with Gasteiger partial charge in [-0.3, -0.25) is 4.90 Å². The van der Waals surface area contributed by atoms with E-state index in [0.29, 0.717) is 5.92 Å². The lowest BCUT2D eigenvalue weighted by molar-refractivity contribution is 0.272. The third-order valence-electron chi connectivity index (χ3n) is 3.57. The molecular formula is C14H21FN2. The van der Waals surface area contributed by atoms with Gasteiger partial charge >= 0.3 is 0 Å². The molecule has 1 aliphatic rings. The minimum absolute atomic E-state index is 0.142. The van der Waals surface area contributed by atoms with Gasteiger partial charge in [0.1, 0.15) is 5.82 Å². The molecular weight excluding hydrogens is 215 g/mol. The highest BCUT2D eigenvalue weighted by Gasteiger charge is 2.15.